The van der Waals surface area contributed by atoms with Gasteiger partial charge in [0.25, 0.3) is 0 Å². The van der Waals surface area contributed by atoms with Crippen molar-refractivity contribution in [3.05, 3.63) is 36.5 Å². The molecule has 2 aromatic rings. The van der Waals surface area contributed by atoms with Crippen molar-refractivity contribution < 1.29 is 4.79 Å². The summed E-state index contributed by atoms with van der Waals surface area (Å²) >= 11 is 0. The van der Waals surface area contributed by atoms with E-state index >= 15 is 0 Å². The molecule has 1 aliphatic rings. The number of benzene rings is 1. The van der Waals surface area contributed by atoms with Crippen LogP contribution in [-0.4, -0.2) is 24.0 Å². The number of nitrogens with one attached hydrogen (secondary N) is 2. The van der Waals surface area contributed by atoms with Crippen molar-refractivity contribution in [3.8, 4) is 0 Å². The summed E-state index contributed by atoms with van der Waals surface area (Å²) in [6.07, 6.45) is 4.63. The van der Waals surface area contributed by atoms with Crippen molar-refractivity contribution in [2.75, 3.05) is 18.4 Å². The fraction of sp³-hybridized carbons (Fsp3) is 0.412. The van der Waals surface area contributed by atoms with Gasteiger partial charge in [0.05, 0.1) is 16.6 Å². The van der Waals surface area contributed by atoms with Gasteiger partial charge in [0.2, 0.25) is 5.91 Å². The lowest BCUT2D eigenvalue weighted by atomic mass is 9.81. The SMILES string of the molecule is CCCC1(C(=O)Nc2cccc3ncccc23)CCNC1. The summed E-state index contributed by atoms with van der Waals surface area (Å²) in [6.45, 7) is 3.83. The predicted molar refractivity (Wildman–Crippen MR) is 85.2 cm³/mol. The van der Waals surface area contributed by atoms with Gasteiger partial charge in [-0.3, -0.25) is 9.78 Å². The second-order valence-electron chi connectivity index (χ2n) is 5.79. The molecule has 1 atom stereocenters. The molecule has 1 aromatic heterocycles. The van der Waals surface area contributed by atoms with Gasteiger partial charge in [-0.25, -0.2) is 0 Å². The minimum atomic E-state index is -0.265. The van der Waals surface area contributed by atoms with Gasteiger partial charge >= 0.3 is 0 Å². The van der Waals surface area contributed by atoms with E-state index < -0.39 is 0 Å². The smallest absolute Gasteiger partial charge is 0.231 e. The number of aromatic nitrogens is 1. The first-order valence-electron chi connectivity index (χ1n) is 7.61. The van der Waals surface area contributed by atoms with Crippen LogP contribution in [0.15, 0.2) is 36.5 Å². The monoisotopic (exact) mass is 283 g/mol. The Bertz CT molecular complexity index is 642. The van der Waals surface area contributed by atoms with Gasteiger partial charge in [-0.05, 0) is 43.7 Å². The Kier molecular flexibility index (Phi) is 3.88. The van der Waals surface area contributed by atoms with Gasteiger partial charge in [-0.1, -0.05) is 19.4 Å². The summed E-state index contributed by atoms with van der Waals surface area (Å²) in [5.74, 6) is 0.130. The van der Waals surface area contributed by atoms with Crippen molar-refractivity contribution >= 4 is 22.5 Å². The lowest BCUT2D eigenvalue weighted by molar-refractivity contribution is -0.125. The molecule has 4 nitrogen and oxygen atoms in total. The molecule has 3 rings (SSSR count). The van der Waals surface area contributed by atoms with Crippen molar-refractivity contribution in [2.45, 2.75) is 26.2 Å². The number of nitrogens with zero attached hydrogens (tertiary/aromatic N) is 1. The minimum absolute atomic E-state index is 0.130. The summed E-state index contributed by atoms with van der Waals surface area (Å²) in [4.78, 5) is 17.1. The Hall–Kier alpha value is -1.94. The zero-order valence-corrected chi connectivity index (χ0v) is 12.4. The number of amides is 1. The Morgan fingerprint density at radius 1 is 1.38 bits per heavy atom. The molecule has 1 fully saturated rings. The lowest BCUT2D eigenvalue weighted by Gasteiger charge is -2.26. The van der Waals surface area contributed by atoms with Gasteiger partial charge in [0.15, 0.2) is 0 Å². The molecule has 1 amide bonds. The number of hydrogen-bond donors (Lipinski definition) is 2. The molecule has 1 unspecified atom stereocenters. The lowest BCUT2D eigenvalue weighted by Crippen LogP contribution is -2.38. The maximum atomic E-state index is 12.8. The van der Waals surface area contributed by atoms with Crippen LogP contribution in [0.4, 0.5) is 5.69 Å². The Labute approximate surface area is 125 Å². The summed E-state index contributed by atoms with van der Waals surface area (Å²) < 4.78 is 0. The third-order valence-corrected chi connectivity index (χ3v) is 4.35. The third-order valence-electron chi connectivity index (χ3n) is 4.35. The van der Waals surface area contributed by atoms with Crippen LogP contribution in [0.1, 0.15) is 26.2 Å². The zero-order chi connectivity index (χ0) is 14.7. The number of pyridine rings is 1. The highest BCUT2D eigenvalue weighted by molar-refractivity contribution is 6.03. The van der Waals surface area contributed by atoms with E-state index in [0.29, 0.717) is 0 Å². The molecule has 1 saturated heterocycles. The van der Waals surface area contributed by atoms with Crippen LogP contribution in [0.2, 0.25) is 0 Å². The summed E-state index contributed by atoms with van der Waals surface area (Å²) in [5, 5.41) is 7.45. The molecule has 0 saturated carbocycles. The van der Waals surface area contributed by atoms with Crippen LogP contribution in [-0.2, 0) is 4.79 Å². The second kappa shape index (κ2) is 5.82. The van der Waals surface area contributed by atoms with E-state index in [-0.39, 0.29) is 11.3 Å². The minimum Gasteiger partial charge on any atom is -0.325 e. The molecule has 0 radical (unpaired) electrons. The van der Waals surface area contributed by atoms with E-state index in [1.807, 2.05) is 30.3 Å². The van der Waals surface area contributed by atoms with Gasteiger partial charge in [-0.15, -0.1) is 0 Å². The Morgan fingerprint density at radius 3 is 3.05 bits per heavy atom. The topological polar surface area (TPSA) is 54.0 Å². The van der Waals surface area contributed by atoms with Crippen molar-refractivity contribution in [2.24, 2.45) is 5.41 Å². The van der Waals surface area contributed by atoms with Crippen molar-refractivity contribution in [1.82, 2.24) is 10.3 Å². The highest BCUT2D eigenvalue weighted by Gasteiger charge is 2.40. The maximum Gasteiger partial charge on any atom is 0.231 e. The standard InChI is InChI=1S/C17H21N3O/c1-2-8-17(9-11-18-12-17)16(21)20-15-7-3-6-14-13(15)5-4-10-19-14/h3-7,10,18H,2,8-9,11-12H2,1H3,(H,20,21). The molecular formula is C17H21N3O. The Morgan fingerprint density at radius 2 is 2.29 bits per heavy atom. The maximum absolute atomic E-state index is 12.8. The summed E-state index contributed by atoms with van der Waals surface area (Å²) in [7, 11) is 0. The van der Waals surface area contributed by atoms with Crippen LogP contribution in [0.25, 0.3) is 10.9 Å². The first kappa shape index (κ1) is 14.0. The van der Waals surface area contributed by atoms with E-state index in [4.69, 9.17) is 0 Å². The number of rotatable bonds is 4. The molecule has 2 N–H and O–H groups in total. The van der Waals surface area contributed by atoms with E-state index in [9.17, 15) is 4.79 Å². The molecule has 21 heavy (non-hydrogen) atoms. The molecule has 110 valence electrons. The van der Waals surface area contributed by atoms with E-state index in [1.165, 1.54) is 0 Å². The molecule has 1 aliphatic heterocycles. The van der Waals surface area contributed by atoms with Crippen molar-refractivity contribution in [1.29, 1.82) is 0 Å². The molecule has 0 aliphatic carbocycles. The Balaban J connectivity index is 1.89. The number of carbonyl (C=O) groups is 1. The quantitative estimate of drug-likeness (QED) is 0.907. The van der Waals surface area contributed by atoms with Crippen LogP contribution >= 0.6 is 0 Å². The van der Waals surface area contributed by atoms with Crippen molar-refractivity contribution in [3.63, 3.8) is 0 Å². The van der Waals surface area contributed by atoms with Crippen LogP contribution in [0.3, 0.4) is 0 Å². The van der Waals surface area contributed by atoms with Crippen LogP contribution in [0.5, 0.6) is 0 Å². The zero-order valence-electron chi connectivity index (χ0n) is 12.4. The third kappa shape index (κ3) is 2.63. The highest BCUT2D eigenvalue weighted by Crippen LogP contribution is 2.33. The number of anilines is 1. The molecule has 2 heterocycles. The van der Waals surface area contributed by atoms with E-state index in [2.05, 4.69) is 22.5 Å². The fourth-order valence-corrected chi connectivity index (χ4v) is 3.21. The first-order valence-corrected chi connectivity index (χ1v) is 7.61. The van der Waals surface area contributed by atoms with Crippen LogP contribution in [0, 0.1) is 5.41 Å². The molecule has 1 aromatic carbocycles. The summed E-state index contributed by atoms with van der Waals surface area (Å²) in [5.41, 5.74) is 1.50. The summed E-state index contributed by atoms with van der Waals surface area (Å²) in [6, 6.07) is 9.74. The number of fused-ring (bicyclic) bond motifs is 1. The highest BCUT2D eigenvalue weighted by atomic mass is 16.2. The van der Waals surface area contributed by atoms with Gasteiger partial charge in [0, 0.05) is 18.1 Å². The molecule has 0 spiro atoms. The largest absolute Gasteiger partial charge is 0.325 e. The van der Waals surface area contributed by atoms with Crippen LogP contribution < -0.4 is 10.6 Å². The van der Waals surface area contributed by atoms with E-state index in [0.717, 1.165) is 48.9 Å². The van der Waals surface area contributed by atoms with Gasteiger partial charge < -0.3 is 10.6 Å². The second-order valence-corrected chi connectivity index (χ2v) is 5.79. The fourth-order valence-electron chi connectivity index (χ4n) is 3.21. The molecular weight excluding hydrogens is 262 g/mol. The average Bonchev–Trinajstić information content (AvgIpc) is 2.98. The van der Waals surface area contributed by atoms with Gasteiger partial charge in [0.1, 0.15) is 0 Å². The molecule has 4 heteroatoms. The first-order chi connectivity index (χ1) is 10.2. The average molecular weight is 283 g/mol. The van der Waals surface area contributed by atoms with E-state index in [1.54, 1.807) is 6.20 Å². The number of carbonyl (C=O) groups excluding carboxylic acids is 1. The molecule has 0 bridgehead atoms. The predicted octanol–water partition coefficient (Wildman–Crippen LogP) is 2.95. The normalized spacial score (nSPS) is 21.6. The number of hydrogen-bond acceptors (Lipinski definition) is 3. The van der Waals surface area contributed by atoms with Gasteiger partial charge in [-0.2, -0.15) is 0 Å².